The summed E-state index contributed by atoms with van der Waals surface area (Å²) >= 11 is 0. The van der Waals surface area contributed by atoms with E-state index in [1.807, 2.05) is 0 Å². The third kappa shape index (κ3) is 4.31. The normalized spacial score (nSPS) is 11.7. The Bertz CT molecular complexity index is 786. The Balaban J connectivity index is 2.53. The van der Waals surface area contributed by atoms with Crippen LogP contribution in [0.15, 0.2) is 42.6 Å². The summed E-state index contributed by atoms with van der Waals surface area (Å²) in [5.41, 5.74) is 0.275. The van der Waals surface area contributed by atoms with Crippen LogP contribution in [0.5, 0.6) is 0 Å². The van der Waals surface area contributed by atoms with Crippen LogP contribution in [-0.2, 0) is 6.18 Å². The lowest BCUT2D eigenvalue weighted by atomic mass is 10.1. The zero-order valence-electron chi connectivity index (χ0n) is 12.9. The van der Waals surface area contributed by atoms with Crippen LogP contribution < -0.4 is 4.90 Å². The van der Waals surface area contributed by atoms with Gasteiger partial charge in [-0.1, -0.05) is 18.2 Å². The molecule has 1 heterocycles. The maximum atomic E-state index is 13.1. The second kappa shape index (κ2) is 6.69. The van der Waals surface area contributed by atoms with E-state index in [0.29, 0.717) is 11.1 Å². The molecule has 2 rings (SSSR count). The monoisotopic (exact) mass is 337 g/mol. The van der Waals surface area contributed by atoms with Crippen LogP contribution in [0.3, 0.4) is 0 Å². The van der Waals surface area contributed by atoms with E-state index in [2.05, 4.69) is 4.98 Å². The molecule has 0 aliphatic heterocycles. The van der Waals surface area contributed by atoms with Gasteiger partial charge in [-0.15, -0.1) is 0 Å². The summed E-state index contributed by atoms with van der Waals surface area (Å²) in [5.74, 6) is 0.172. The van der Waals surface area contributed by atoms with Gasteiger partial charge in [0.1, 0.15) is 5.82 Å². The number of nitrogens with zero attached hydrogens (tertiary/aromatic N) is 3. The number of anilines is 1. The van der Waals surface area contributed by atoms with Crippen molar-refractivity contribution in [3.8, 4) is 11.3 Å². The Morgan fingerprint density at radius 2 is 1.92 bits per heavy atom. The summed E-state index contributed by atoms with van der Waals surface area (Å²) in [5, 5.41) is 10.4. The molecule has 0 atom stereocenters. The fourth-order valence-electron chi connectivity index (χ4n) is 2.01. The number of rotatable bonds is 4. The molecule has 1 aromatic carbocycles. The molecule has 0 saturated heterocycles. The van der Waals surface area contributed by atoms with E-state index in [1.54, 1.807) is 38.4 Å². The lowest BCUT2D eigenvalue weighted by Gasteiger charge is -2.16. The molecule has 0 N–H and O–H groups in total. The van der Waals surface area contributed by atoms with Gasteiger partial charge in [-0.3, -0.25) is 10.1 Å². The first-order valence-electron chi connectivity index (χ1n) is 6.85. The molecule has 0 aliphatic rings. The largest absolute Gasteiger partial charge is 0.416 e. The van der Waals surface area contributed by atoms with E-state index in [-0.39, 0.29) is 11.5 Å². The first-order chi connectivity index (χ1) is 11.2. The van der Waals surface area contributed by atoms with Gasteiger partial charge in [0.15, 0.2) is 0 Å². The summed E-state index contributed by atoms with van der Waals surface area (Å²) < 4.78 is 39.3. The van der Waals surface area contributed by atoms with Crippen LogP contribution in [0.4, 0.5) is 19.0 Å². The number of halogens is 3. The number of hydrogen-bond donors (Lipinski definition) is 0. The van der Waals surface area contributed by atoms with Crippen molar-refractivity contribution in [3.63, 3.8) is 0 Å². The molecular weight excluding hydrogens is 323 g/mol. The summed E-state index contributed by atoms with van der Waals surface area (Å²) in [6.45, 7) is 0. The molecule has 1 aromatic heterocycles. The average molecular weight is 337 g/mol. The number of hydrogen-bond acceptors (Lipinski definition) is 4. The second-order valence-electron chi connectivity index (χ2n) is 5.22. The van der Waals surface area contributed by atoms with Gasteiger partial charge < -0.3 is 4.90 Å². The van der Waals surface area contributed by atoms with Crippen molar-refractivity contribution in [1.29, 1.82) is 0 Å². The lowest BCUT2D eigenvalue weighted by molar-refractivity contribution is -0.400. The van der Waals surface area contributed by atoms with E-state index >= 15 is 0 Å². The highest BCUT2D eigenvalue weighted by molar-refractivity contribution is 5.66. The first-order valence-corrected chi connectivity index (χ1v) is 6.85. The van der Waals surface area contributed by atoms with Gasteiger partial charge in [0.05, 0.1) is 16.2 Å². The third-order valence-electron chi connectivity index (χ3n) is 3.17. The predicted molar refractivity (Wildman–Crippen MR) is 85.0 cm³/mol. The minimum Gasteiger partial charge on any atom is -0.363 e. The van der Waals surface area contributed by atoms with E-state index < -0.39 is 16.7 Å². The third-order valence-corrected chi connectivity index (χ3v) is 3.17. The van der Waals surface area contributed by atoms with Gasteiger partial charge in [0.25, 0.3) is 0 Å². The maximum absolute atomic E-state index is 13.1. The summed E-state index contributed by atoms with van der Waals surface area (Å²) in [6, 6.07) is 8.30. The topological polar surface area (TPSA) is 59.3 Å². The van der Waals surface area contributed by atoms with Crippen molar-refractivity contribution < 1.29 is 18.1 Å². The highest BCUT2D eigenvalue weighted by Gasteiger charge is 2.32. The van der Waals surface area contributed by atoms with Crippen molar-refractivity contribution in [3.05, 3.63) is 63.8 Å². The quantitative estimate of drug-likeness (QED) is 0.623. The van der Waals surface area contributed by atoms with Crippen LogP contribution in [0.2, 0.25) is 0 Å². The Kier molecular flexibility index (Phi) is 4.87. The van der Waals surface area contributed by atoms with Crippen LogP contribution in [0.1, 0.15) is 11.1 Å². The van der Waals surface area contributed by atoms with Crippen LogP contribution in [0, 0.1) is 10.1 Å². The van der Waals surface area contributed by atoms with Crippen LogP contribution in [0.25, 0.3) is 17.3 Å². The van der Waals surface area contributed by atoms with E-state index in [0.717, 1.165) is 18.3 Å². The zero-order chi connectivity index (χ0) is 17.9. The molecule has 0 fully saturated rings. The summed E-state index contributed by atoms with van der Waals surface area (Å²) in [4.78, 5) is 15.5. The lowest BCUT2D eigenvalue weighted by Crippen LogP contribution is -2.14. The van der Waals surface area contributed by atoms with Crippen molar-refractivity contribution in [1.82, 2.24) is 4.98 Å². The smallest absolute Gasteiger partial charge is 0.363 e. The van der Waals surface area contributed by atoms with Crippen molar-refractivity contribution >= 4 is 11.9 Å². The van der Waals surface area contributed by atoms with Gasteiger partial charge in [-0.05, 0) is 23.8 Å². The minimum atomic E-state index is -4.49. The number of alkyl halides is 3. The van der Waals surface area contributed by atoms with Gasteiger partial charge in [-0.25, -0.2) is 4.98 Å². The molecule has 0 bridgehead atoms. The molecule has 0 amide bonds. The van der Waals surface area contributed by atoms with E-state index in [4.69, 9.17) is 0 Å². The fraction of sp³-hybridized carbons (Fsp3) is 0.188. The molecule has 0 aliphatic carbocycles. The maximum Gasteiger partial charge on any atom is 0.416 e. The number of benzene rings is 1. The fourth-order valence-corrected chi connectivity index (χ4v) is 2.01. The Labute approximate surface area is 136 Å². The Hall–Kier alpha value is -2.90. The molecular formula is C16H14F3N3O2. The average Bonchev–Trinajstić information content (AvgIpc) is 2.52. The molecule has 0 spiro atoms. The zero-order valence-corrected chi connectivity index (χ0v) is 12.9. The van der Waals surface area contributed by atoms with E-state index in [1.165, 1.54) is 11.0 Å². The van der Waals surface area contributed by atoms with E-state index in [9.17, 15) is 23.3 Å². The molecule has 0 unspecified atom stereocenters. The van der Waals surface area contributed by atoms with Crippen LogP contribution in [-0.4, -0.2) is 24.0 Å². The van der Waals surface area contributed by atoms with Gasteiger partial charge in [-0.2, -0.15) is 13.2 Å². The molecule has 0 radical (unpaired) electrons. The number of pyridine rings is 1. The summed E-state index contributed by atoms with van der Waals surface area (Å²) in [6.07, 6.45) is -2.46. The molecule has 126 valence electrons. The molecule has 5 nitrogen and oxygen atoms in total. The summed E-state index contributed by atoms with van der Waals surface area (Å²) in [7, 11) is 3.20. The van der Waals surface area contributed by atoms with Gasteiger partial charge >= 0.3 is 6.18 Å². The molecule has 2 aromatic rings. The minimum absolute atomic E-state index is 0.143. The molecule has 0 saturated carbocycles. The van der Waals surface area contributed by atoms with Crippen LogP contribution >= 0.6 is 0 Å². The number of nitro groups is 1. The SMILES string of the molecule is CN(C)c1cc(C(F)(F)F)cc(-c2cccc(C=C[N+](=O)[O-])c2)n1. The first kappa shape index (κ1) is 17.5. The highest BCUT2D eigenvalue weighted by Crippen LogP contribution is 2.34. The number of aromatic nitrogens is 1. The standard InChI is InChI=1S/C16H14F3N3O2/c1-21(2)15-10-13(16(17,18)19)9-14(20-15)12-5-3-4-11(8-12)6-7-22(23)24/h3-10H,1-2H3. The van der Waals surface area contributed by atoms with Gasteiger partial charge in [0.2, 0.25) is 6.20 Å². The van der Waals surface area contributed by atoms with Crippen molar-refractivity contribution in [2.45, 2.75) is 6.18 Å². The highest BCUT2D eigenvalue weighted by atomic mass is 19.4. The van der Waals surface area contributed by atoms with Crippen molar-refractivity contribution in [2.24, 2.45) is 0 Å². The van der Waals surface area contributed by atoms with Gasteiger partial charge in [0, 0.05) is 25.7 Å². The Morgan fingerprint density at radius 1 is 1.21 bits per heavy atom. The molecule has 24 heavy (non-hydrogen) atoms. The predicted octanol–water partition coefficient (Wildman–Crippen LogP) is 4.08. The Morgan fingerprint density at radius 3 is 2.50 bits per heavy atom. The second-order valence-corrected chi connectivity index (χ2v) is 5.22. The van der Waals surface area contributed by atoms with Crippen molar-refractivity contribution in [2.75, 3.05) is 19.0 Å². The molecule has 8 heteroatoms.